The third-order valence-corrected chi connectivity index (χ3v) is 6.13. The average Bonchev–Trinajstić information content (AvgIpc) is 3.06. The van der Waals surface area contributed by atoms with Gasteiger partial charge in [-0.2, -0.15) is 0 Å². The quantitative estimate of drug-likeness (QED) is 0.525. The van der Waals surface area contributed by atoms with Crippen LogP contribution in [-0.4, -0.2) is 20.7 Å². The summed E-state index contributed by atoms with van der Waals surface area (Å²) in [6.45, 7) is 6.17. The van der Waals surface area contributed by atoms with Gasteiger partial charge < -0.3 is 9.88 Å². The van der Waals surface area contributed by atoms with Crippen molar-refractivity contribution >= 4 is 29.3 Å². The molecule has 1 amide bonds. The third-order valence-electron chi connectivity index (χ3n) is 4.71. The molecule has 7 heteroatoms. The first-order chi connectivity index (χ1) is 13.9. The topological polar surface area (TPSA) is 59.8 Å². The average molecular weight is 429 g/mol. The van der Waals surface area contributed by atoms with E-state index in [-0.39, 0.29) is 17.9 Å². The van der Waals surface area contributed by atoms with Crippen LogP contribution in [-0.2, 0) is 12.8 Å². The minimum absolute atomic E-state index is 0.138. The Morgan fingerprint density at radius 3 is 2.48 bits per heavy atom. The van der Waals surface area contributed by atoms with E-state index in [1.165, 1.54) is 11.1 Å². The number of nitrogens with zero attached hydrogens (tertiary/aromatic N) is 3. The maximum Gasteiger partial charge on any atom is 0.253 e. The summed E-state index contributed by atoms with van der Waals surface area (Å²) in [5.41, 5.74) is 2.93. The van der Waals surface area contributed by atoms with Crippen molar-refractivity contribution in [3.8, 4) is 0 Å². The molecule has 1 atom stereocenters. The SMILES string of the molecule is Cc1ccc(CSc2nnc(C(NC(=O)c3ccccc3Cl)C(C)C)n2C)cc1. The Morgan fingerprint density at radius 1 is 1.14 bits per heavy atom. The minimum Gasteiger partial charge on any atom is -0.342 e. The molecule has 0 radical (unpaired) electrons. The van der Waals surface area contributed by atoms with Crippen LogP contribution in [0.5, 0.6) is 0 Å². The normalized spacial score (nSPS) is 12.2. The molecule has 152 valence electrons. The lowest BCUT2D eigenvalue weighted by atomic mass is 10.0. The van der Waals surface area contributed by atoms with E-state index in [0.717, 1.165) is 16.7 Å². The van der Waals surface area contributed by atoms with E-state index in [9.17, 15) is 4.79 Å². The van der Waals surface area contributed by atoms with Crippen molar-refractivity contribution in [2.75, 3.05) is 0 Å². The number of benzene rings is 2. The van der Waals surface area contributed by atoms with Gasteiger partial charge in [0.25, 0.3) is 5.91 Å². The Balaban J connectivity index is 1.75. The number of rotatable bonds is 7. The molecule has 0 fully saturated rings. The molecule has 0 aliphatic carbocycles. The number of carbonyl (C=O) groups excluding carboxylic acids is 1. The molecule has 2 aromatic carbocycles. The lowest BCUT2D eigenvalue weighted by molar-refractivity contribution is 0.0922. The van der Waals surface area contributed by atoms with Crippen molar-refractivity contribution in [2.45, 2.75) is 37.7 Å². The maximum atomic E-state index is 12.8. The molecule has 29 heavy (non-hydrogen) atoms. The number of aryl methyl sites for hydroxylation is 1. The predicted octanol–water partition coefficient (Wildman–Crippen LogP) is 5.20. The van der Waals surface area contributed by atoms with E-state index in [2.05, 4.69) is 46.7 Å². The number of hydrogen-bond donors (Lipinski definition) is 1. The Kier molecular flexibility index (Phi) is 6.98. The largest absolute Gasteiger partial charge is 0.342 e. The third kappa shape index (κ3) is 5.19. The van der Waals surface area contributed by atoms with E-state index in [1.807, 2.05) is 25.5 Å². The first-order valence-electron chi connectivity index (χ1n) is 9.50. The van der Waals surface area contributed by atoms with E-state index >= 15 is 0 Å². The summed E-state index contributed by atoms with van der Waals surface area (Å²) in [5, 5.41) is 13.0. The monoisotopic (exact) mass is 428 g/mol. The lowest BCUT2D eigenvalue weighted by Crippen LogP contribution is -2.33. The molecule has 3 rings (SSSR count). The van der Waals surface area contributed by atoms with Gasteiger partial charge in [-0.1, -0.05) is 79.2 Å². The molecule has 5 nitrogen and oxygen atoms in total. The fraction of sp³-hybridized carbons (Fsp3) is 0.318. The highest BCUT2D eigenvalue weighted by Gasteiger charge is 2.25. The smallest absolute Gasteiger partial charge is 0.253 e. The fourth-order valence-electron chi connectivity index (χ4n) is 2.95. The van der Waals surface area contributed by atoms with Gasteiger partial charge in [-0.15, -0.1) is 10.2 Å². The van der Waals surface area contributed by atoms with Crippen LogP contribution in [0.2, 0.25) is 5.02 Å². The molecule has 1 aromatic heterocycles. The first-order valence-corrected chi connectivity index (χ1v) is 10.9. The van der Waals surface area contributed by atoms with Gasteiger partial charge in [-0.05, 0) is 30.5 Å². The molecule has 1 heterocycles. The van der Waals surface area contributed by atoms with Gasteiger partial charge in [0.05, 0.1) is 16.6 Å². The van der Waals surface area contributed by atoms with Crippen LogP contribution in [0, 0.1) is 12.8 Å². The van der Waals surface area contributed by atoms with Gasteiger partial charge in [0.15, 0.2) is 11.0 Å². The number of thioether (sulfide) groups is 1. The molecule has 0 aliphatic heterocycles. The molecule has 0 bridgehead atoms. The lowest BCUT2D eigenvalue weighted by Gasteiger charge is -2.22. The highest BCUT2D eigenvalue weighted by molar-refractivity contribution is 7.98. The summed E-state index contributed by atoms with van der Waals surface area (Å²) in [5.74, 6) is 1.46. The molecule has 0 aliphatic rings. The number of halogens is 1. The fourth-order valence-corrected chi connectivity index (χ4v) is 4.04. The standard InChI is InChI=1S/C22H25ClN4OS/c1-14(2)19(24-21(28)17-7-5-6-8-18(17)23)20-25-26-22(27(20)4)29-13-16-11-9-15(3)10-12-16/h5-12,14,19H,13H2,1-4H3,(H,24,28). The van der Waals surface area contributed by atoms with Crippen LogP contribution >= 0.6 is 23.4 Å². The minimum atomic E-state index is -0.273. The zero-order valence-electron chi connectivity index (χ0n) is 17.0. The van der Waals surface area contributed by atoms with E-state index in [1.54, 1.807) is 36.0 Å². The second kappa shape index (κ2) is 9.46. The van der Waals surface area contributed by atoms with Gasteiger partial charge >= 0.3 is 0 Å². The number of hydrogen-bond acceptors (Lipinski definition) is 4. The summed E-state index contributed by atoms with van der Waals surface area (Å²) < 4.78 is 1.95. The van der Waals surface area contributed by atoms with Gasteiger partial charge in [-0.25, -0.2) is 0 Å². The Labute approximate surface area is 180 Å². The van der Waals surface area contributed by atoms with Crippen molar-refractivity contribution in [2.24, 2.45) is 13.0 Å². The van der Waals surface area contributed by atoms with Crippen LogP contribution in [0.4, 0.5) is 0 Å². The van der Waals surface area contributed by atoms with Crippen LogP contribution in [0.25, 0.3) is 0 Å². The van der Waals surface area contributed by atoms with Crippen LogP contribution in [0.15, 0.2) is 53.7 Å². The predicted molar refractivity (Wildman–Crippen MR) is 118 cm³/mol. The van der Waals surface area contributed by atoms with Crippen molar-refractivity contribution < 1.29 is 4.79 Å². The van der Waals surface area contributed by atoms with Crippen molar-refractivity contribution in [3.63, 3.8) is 0 Å². The summed E-state index contributed by atoms with van der Waals surface area (Å²) in [4.78, 5) is 12.8. The first kappa shape index (κ1) is 21.4. The van der Waals surface area contributed by atoms with Gasteiger partial charge in [0.1, 0.15) is 0 Å². The molecular formula is C22H25ClN4OS. The van der Waals surface area contributed by atoms with Gasteiger partial charge in [0.2, 0.25) is 0 Å². The van der Waals surface area contributed by atoms with Crippen LogP contribution in [0.3, 0.4) is 0 Å². The Morgan fingerprint density at radius 2 is 1.83 bits per heavy atom. The summed E-state index contributed by atoms with van der Waals surface area (Å²) >= 11 is 7.80. The Bertz CT molecular complexity index is 985. The molecule has 1 N–H and O–H groups in total. The van der Waals surface area contributed by atoms with Crippen molar-refractivity contribution in [1.82, 2.24) is 20.1 Å². The van der Waals surface area contributed by atoms with Crippen molar-refractivity contribution in [3.05, 3.63) is 76.1 Å². The second-order valence-electron chi connectivity index (χ2n) is 7.35. The van der Waals surface area contributed by atoms with E-state index in [4.69, 9.17) is 11.6 Å². The van der Waals surface area contributed by atoms with Crippen LogP contribution < -0.4 is 5.32 Å². The zero-order valence-corrected chi connectivity index (χ0v) is 18.6. The molecule has 3 aromatic rings. The van der Waals surface area contributed by atoms with E-state index < -0.39 is 0 Å². The van der Waals surface area contributed by atoms with Gasteiger partial charge in [-0.3, -0.25) is 4.79 Å². The highest BCUT2D eigenvalue weighted by atomic mass is 35.5. The summed E-state index contributed by atoms with van der Waals surface area (Å²) in [7, 11) is 1.93. The summed E-state index contributed by atoms with van der Waals surface area (Å²) in [6, 6.07) is 15.2. The number of carbonyl (C=O) groups is 1. The van der Waals surface area contributed by atoms with Crippen LogP contribution in [0.1, 0.15) is 47.2 Å². The zero-order chi connectivity index (χ0) is 21.0. The van der Waals surface area contributed by atoms with Gasteiger partial charge in [0, 0.05) is 12.8 Å². The molecular weight excluding hydrogens is 404 g/mol. The number of amides is 1. The molecule has 0 saturated heterocycles. The van der Waals surface area contributed by atoms with Crippen molar-refractivity contribution in [1.29, 1.82) is 0 Å². The summed E-state index contributed by atoms with van der Waals surface area (Å²) in [6.07, 6.45) is 0. The Hall–Kier alpha value is -2.31. The molecule has 0 spiro atoms. The number of aromatic nitrogens is 3. The second-order valence-corrected chi connectivity index (χ2v) is 8.70. The maximum absolute atomic E-state index is 12.8. The molecule has 1 unspecified atom stereocenters. The van der Waals surface area contributed by atoms with E-state index in [0.29, 0.717) is 10.6 Å². The number of nitrogens with one attached hydrogen (secondary N) is 1. The highest BCUT2D eigenvalue weighted by Crippen LogP contribution is 2.27. The molecule has 0 saturated carbocycles.